The first-order valence-electron chi connectivity index (χ1n) is 4.83. The van der Waals surface area contributed by atoms with E-state index in [2.05, 4.69) is 15.4 Å². The highest BCUT2D eigenvalue weighted by atomic mass is 127. The number of halogens is 1. The van der Waals surface area contributed by atoms with Crippen molar-refractivity contribution in [3.05, 3.63) is 50.3 Å². The third-order valence-electron chi connectivity index (χ3n) is 2.23. The summed E-state index contributed by atoms with van der Waals surface area (Å²) in [6.07, 6.45) is 4.66. The molecule has 0 aliphatic heterocycles. The first kappa shape index (κ1) is 12.0. The highest BCUT2D eigenvalue weighted by molar-refractivity contribution is 14.1. The number of nitrogen functional groups attached to an aromatic ring is 1. The Morgan fingerprint density at radius 1 is 1.53 bits per heavy atom. The Bertz CT molecular complexity index is 583. The van der Waals surface area contributed by atoms with Gasteiger partial charge in [0.05, 0.1) is 16.4 Å². The standard InChI is InChI=1S/C10H10IN5O/c11-8-4-13-6-16(10(8)17)5-7-2-1-3-14-9(7)15-12/h1-4,6H,5,12H2,(H,14,15). The molecule has 6 nitrogen and oxygen atoms in total. The third-order valence-corrected chi connectivity index (χ3v) is 2.97. The molecule has 0 amide bonds. The van der Waals surface area contributed by atoms with Gasteiger partial charge in [0.2, 0.25) is 0 Å². The fraction of sp³-hybridized carbons (Fsp3) is 0.100. The van der Waals surface area contributed by atoms with Gasteiger partial charge in [0.25, 0.3) is 5.56 Å². The quantitative estimate of drug-likeness (QED) is 0.484. The molecule has 0 aliphatic rings. The first-order chi connectivity index (χ1) is 8.22. The minimum Gasteiger partial charge on any atom is -0.308 e. The summed E-state index contributed by atoms with van der Waals surface area (Å²) in [5.74, 6) is 5.91. The number of hydrazine groups is 1. The molecule has 0 spiro atoms. The molecular weight excluding hydrogens is 333 g/mol. The first-order valence-corrected chi connectivity index (χ1v) is 5.90. The molecule has 2 heterocycles. The van der Waals surface area contributed by atoms with E-state index in [1.807, 2.05) is 28.7 Å². The second-order valence-corrected chi connectivity index (χ2v) is 4.49. The molecule has 0 saturated heterocycles. The van der Waals surface area contributed by atoms with Crippen LogP contribution >= 0.6 is 22.6 Å². The van der Waals surface area contributed by atoms with Crippen molar-refractivity contribution in [1.82, 2.24) is 14.5 Å². The zero-order valence-corrected chi connectivity index (χ0v) is 11.0. The Labute approximate surface area is 111 Å². The molecule has 0 aliphatic carbocycles. The van der Waals surface area contributed by atoms with Crippen molar-refractivity contribution in [2.24, 2.45) is 5.84 Å². The van der Waals surface area contributed by atoms with Crippen LogP contribution < -0.4 is 16.8 Å². The van der Waals surface area contributed by atoms with Crippen LogP contribution in [0, 0.1) is 3.57 Å². The average Bonchev–Trinajstić information content (AvgIpc) is 2.35. The Balaban J connectivity index is 2.38. The molecule has 7 heteroatoms. The number of hydrogen-bond donors (Lipinski definition) is 2. The van der Waals surface area contributed by atoms with Crippen LogP contribution in [0.1, 0.15) is 5.56 Å². The predicted molar refractivity (Wildman–Crippen MR) is 72.4 cm³/mol. The van der Waals surface area contributed by atoms with E-state index in [9.17, 15) is 4.79 Å². The molecule has 3 N–H and O–H groups in total. The molecule has 2 aromatic rings. The second-order valence-electron chi connectivity index (χ2n) is 3.33. The monoisotopic (exact) mass is 343 g/mol. The van der Waals surface area contributed by atoms with Crippen LogP contribution in [0.3, 0.4) is 0 Å². The number of rotatable bonds is 3. The Morgan fingerprint density at radius 3 is 3.12 bits per heavy atom. The van der Waals surface area contributed by atoms with E-state index in [0.29, 0.717) is 15.9 Å². The van der Waals surface area contributed by atoms with Crippen LogP contribution in [0.15, 0.2) is 35.6 Å². The average molecular weight is 343 g/mol. The van der Waals surface area contributed by atoms with Gasteiger partial charge >= 0.3 is 0 Å². The number of hydrogen-bond acceptors (Lipinski definition) is 5. The summed E-state index contributed by atoms with van der Waals surface area (Å²) < 4.78 is 2.09. The van der Waals surface area contributed by atoms with Crippen molar-refractivity contribution in [2.75, 3.05) is 5.43 Å². The highest BCUT2D eigenvalue weighted by Gasteiger charge is 2.05. The molecule has 0 atom stereocenters. The van der Waals surface area contributed by atoms with Gasteiger partial charge in [-0.15, -0.1) is 0 Å². The van der Waals surface area contributed by atoms with E-state index in [-0.39, 0.29) is 5.56 Å². The lowest BCUT2D eigenvalue weighted by Crippen LogP contribution is -2.24. The maximum Gasteiger partial charge on any atom is 0.267 e. The SMILES string of the molecule is NNc1ncccc1Cn1cncc(I)c1=O. The van der Waals surface area contributed by atoms with Crippen molar-refractivity contribution in [1.29, 1.82) is 0 Å². The lowest BCUT2D eigenvalue weighted by atomic mass is 10.2. The number of nitrogens with two attached hydrogens (primary N) is 1. The summed E-state index contributed by atoms with van der Waals surface area (Å²) in [5.41, 5.74) is 3.26. The minimum atomic E-state index is -0.0765. The number of aromatic nitrogens is 3. The number of nitrogens with one attached hydrogen (secondary N) is 1. The Kier molecular flexibility index (Phi) is 3.69. The lowest BCUT2D eigenvalue weighted by Gasteiger charge is -2.09. The van der Waals surface area contributed by atoms with Gasteiger partial charge in [0.15, 0.2) is 0 Å². The zero-order chi connectivity index (χ0) is 12.3. The maximum atomic E-state index is 11.8. The molecule has 2 rings (SSSR count). The summed E-state index contributed by atoms with van der Waals surface area (Å²) in [7, 11) is 0. The molecular formula is C10H10IN5O. The Morgan fingerprint density at radius 2 is 2.35 bits per heavy atom. The van der Waals surface area contributed by atoms with Gasteiger partial charge in [-0.2, -0.15) is 0 Å². The molecule has 0 saturated carbocycles. The zero-order valence-electron chi connectivity index (χ0n) is 8.80. The van der Waals surface area contributed by atoms with E-state index in [1.165, 1.54) is 17.1 Å². The summed E-state index contributed by atoms with van der Waals surface area (Å²) in [4.78, 5) is 19.9. The fourth-order valence-electron chi connectivity index (χ4n) is 1.42. The van der Waals surface area contributed by atoms with Gasteiger partial charge < -0.3 is 5.43 Å². The maximum absolute atomic E-state index is 11.8. The summed E-state index contributed by atoms with van der Waals surface area (Å²) in [6, 6.07) is 3.65. The van der Waals surface area contributed by atoms with Crippen LogP contribution in [0.4, 0.5) is 5.82 Å². The molecule has 0 fully saturated rings. The van der Waals surface area contributed by atoms with Crippen molar-refractivity contribution in [3.63, 3.8) is 0 Å². The molecule has 2 aromatic heterocycles. The second kappa shape index (κ2) is 5.23. The molecule has 0 unspecified atom stereocenters. The van der Waals surface area contributed by atoms with E-state index in [0.717, 1.165) is 5.56 Å². The highest BCUT2D eigenvalue weighted by Crippen LogP contribution is 2.10. The molecule has 17 heavy (non-hydrogen) atoms. The van der Waals surface area contributed by atoms with Crippen LogP contribution in [-0.4, -0.2) is 14.5 Å². The summed E-state index contributed by atoms with van der Waals surface area (Å²) >= 11 is 1.96. The topological polar surface area (TPSA) is 85.8 Å². The molecule has 0 radical (unpaired) electrons. The van der Waals surface area contributed by atoms with Crippen LogP contribution in [0.2, 0.25) is 0 Å². The van der Waals surface area contributed by atoms with Crippen molar-refractivity contribution in [2.45, 2.75) is 6.54 Å². The predicted octanol–water partition coefficient (Wildman–Crippen LogP) is 0.577. The van der Waals surface area contributed by atoms with E-state index in [1.54, 1.807) is 12.3 Å². The van der Waals surface area contributed by atoms with Gasteiger partial charge in [-0.25, -0.2) is 15.8 Å². The molecule has 0 bridgehead atoms. The van der Waals surface area contributed by atoms with E-state index < -0.39 is 0 Å². The van der Waals surface area contributed by atoms with Crippen LogP contribution in [-0.2, 0) is 6.54 Å². The van der Waals surface area contributed by atoms with Crippen LogP contribution in [0.5, 0.6) is 0 Å². The van der Waals surface area contributed by atoms with Gasteiger partial charge in [0.1, 0.15) is 5.82 Å². The number of pyridine rings is 1. The van der Waals surface area contributed by atoms with Gasteiger partial charge in [0, 0.05) is 18.0 Å². The van der Waals surface area contributed by atoms with Gasteiger partial charge in [-0.3, -0.25) is 9.36 Å². The van der Waals surface area contributed by atoms with Crippen molar-refractivity contribution < 1.29 is 0 Å². The summed E-state index contributed by atoms with van der Waals surface area (Å²) in [6.45, 7) is 0.385. The third kappa shape index (κ3) is 2.61. The van der Waals surface area contributed by atoms with Crippen LogP contribution in [0.25, 0.3) is 0 Å². The summed E-state index contributed by atoms with van der Waals surface area (Å²) in [5, 5.41) is 0. The normalized spacial score (nSPS) is 10.2. The van der Waals surface area contributed by atoms with Gasteiger partial charge in [-0.05, 0) is 28.7 Å². The molecule has 88 valence electrons. The fourth-order valence-corrected chi connectivity index (χ4v) is 1.89. The number of anilines is 1. The van der Waals surface area contributed by atoms with Crippen molar-refractivity contribution in [3.8, 4) is 0 Å². The van der Waals surface area contributed by atoms with E-state index in [4.69, 9.17) is 5.84 Å². The minimum absolute atomic E-state index is 0.0765. The number of nitrogens with zero attached hydrogens (tertiary/aromatic N) is 3. The van der Waals surface area contributed by atoms with Gasteiger partial charge in [-0.1, -0.05) is 6.07 Å². The smallest absolute Gasteiger partial charge is 0.267 e. The molecule has 0 aromatic carbocycles. The largest absolute Gasteiger partial charge is 0.308 e. The van der Waals surface area contributed by atoms with E-state index >= 15 is 0 Å². The Hall–Kier alpha value is -1.48. The lowest BCUT2D eigenvalue weighted by molar-refractivity contribution is 0.728. The van der Waals surface area contributed by atoms with Crippen molar-refractivity contribution >= 4 is 28.4 Å².